The van der Waals surface area contributed by atoms with Crippen LogP contribution < -0.4 is 5.32 Å². The molecule has 0 saturated carbocycles. The van der Waals surface area contributed by atoms with Crippen molar-refractivity contribution in [3.05, 3.63) is 30.0 Å². The van der Waals surface area contributed by atoms with Crippen LogP contribution in [0.1, 0.15) is 38.3 Å². The first-order valence-corrected chi connectivity index (χ1v) is 8.82. The Morgan fingerprint density at radius 3 is 2.59 bits per heavy atom. The highest BCUT2D eigenvalue weighted by atomic mass is 32.2. The summed E-state index contributed by atoms with van der Waals surface area (Å²) in [6, 6.07) is 7.80. The van der Waals surface area contributed by atoms with E-state index >= 15 is 0 Å². The van der Waals surface area contributed by atoms with Gasteiger partial charge in [0.2, 0.25) is 5.91 Å². The molecule has 0 radical (unpaired) electrons. The Kier molecular flexibility index (Phi) is 6.65. The molecule has 4 nitrogen and oxygen atoms in total. The average molecular weight is 317 g/mol. The van der Waals surface area contributed by atoms with Crippen molar-refractivity contribution in [1.82, 2.24) is 15.3 Å². The zero-order valence-electron chi connectivity index (χ0n) is 13.3. The molecule has 5 heteroatoms. The SMILES string of the molecule is CCCCCCNC(=O)CSc1nc2ccccc2nc1C. The van der Waals surface area contributed by atoms with Crippen molar-refractivity contribution in [2.24, 2.45) is 0 Å². The van der Waals surface area contributed by atoms with E-state index in [2.05, 4.69) is 22.2 Å². The zero-order chi connectivity index (χ0) is 15.8. The van der Waals surface area contributed by atoms with Crippen molar-refractivity contribution in [2.45, 2.75) is 44.6 Å². The van der Waals surface area contributed by atoms with Crippen LogP contribution in [0.3, 0.4) is 0 Å². The Balaban J connectivity index is 1.83. The number of nitrogens with zero attached hydrogens (tertiary/aromatic N) is 2. The number of unbranched alkanes of at least 4 members (excludes halogenated alkanes) is 3. The monoisotopic (exact) mass is 317 g/mol. The maximum absolute atomic E-state index is 11.8. The zero-order valence-corrected chi connectivity index (χ0v) is 14.1. The van der Waals surface area contributed by atoms with E-state index in [0.717, 1.165) is 34.7 Å². The summed E-state index contributed by atoms with van der Waals surface area (Å²) in [7, 11) is 0. The van der Waals surface area contributed by atoms with Crippen LogP contribution >= 0.6 is 11.8 Å². The van der Waals surface area contributed by atoms with E-state index in [0.29, 0.717) is 5.75 Å². The lowest BCUT2D eigenvalue weighted by molar-refractivity contribution is -0.118. The second kappa shape index (κ2) is 8.73. The number of hydrogen-bond donors (Lipinski definition) is 1. The van der Waals surface area contributed by atoms with Crippen LogP contribution in [0.15, 0.2) is 29.3 Å². The van der Waals surface area contributed by atoms with E-state index in [1.807, 2.05) is 31.2 Å². The van der Waals surface area contributed by atoms with Crippen molar-refractivity contribution in [1.29, 1.82) is 0 Å². The van der Waals surface area contributed by atoms with Gasteiger partial charge in [-0.05, 0) is 25.5 Å². The Morgan fingerprint density at radius 2 is 1.86 bits per heavy atom. The van der Waals surface area contributed by atoms with Crippen LogP contribution in [0.5, 0.6) is 0 Å². The van der Waals surface area contributed by atoms with Gasteiger partial charge in [0.15, 0.2) is 0 Å². The molecule has 1 amide bonds. The fourth-order valence-corrected chi connectivity index (χ4v) is 2.96. The molecule has 0 aliphatic heterocycles. The number of amides is 1. The second-order valence-electron chi connectivity index (χ2n) is 5.30. The number of benzene rings is 1. The Hall–Kier alpha value is -1.62. The fourth-order valence-electron chi connectivity index (χ4n) is 2.17. The van der Waals surface area contributed by atoms with Crippen LogP contribution in [0.4, 0.5) is 0 Å². The Bertz CT molecular complexity index is 630. The lowest BCUT2D eigenvalue weighted by atomic mass is 10.2. The first-order valence-electron chi connectivity index (χ1n) is 7.83. The third kappa shape index (κ3) is 4.98. The predicted molar refractivity (Wildman–Crippen MR) is 92.2 cm³/mol. The normalized spacial score (nSPS) is 10.8. The quantitative estimate of drug-likeness (QED) is 0.595. The summed E-state index contributed by atoms with van der Waals surface area (Å²) in [6.07, 6.45) is 4.68. The molecule has 1 N–H and O–H groups in total. The predicted octanol–water partition coefficient (Wildman–Crippen LogP) is 3.73. The standard InChI is InChI=1S/C17H23N3OS/c1-3-4-5-8-11-18-16(21)12-22-17-13(2)19-14-9-6-7-10-15(14)20-17/h6-7,9-10H,3-5,8,11-12H2,1-2H3,(H,18,21). The molecule has 0 fully saturated rings. The largest absolute Gasteiger partial charge is 0.355 e. The van der Waals surface area contributed by atoms with Gasteiger partial charge in [-0.25, -0.2) is 9.97 Å². The van der Waals surface area contributed by atoms with Gasteiger partial charge in [-0.1, -0.05) is 50.1 Å². The second-order valence-corrected chi connectivity index (χ2v) is 6.27. The molecule has 0 aliphatic carbocycles. The minimum absolute atomic E-state index is 0.0656. The number of hydrogen-bond acceptors (Lipinski definition) is 4. The highest BCUT2D eigenvalue weighted by Crippen LogP contribution is 2.21. The van der Waals surface area contributed by atoms with Gasteiger partial charge in [0.25, 0.3) is 0 Å². The molecule has 0 spiro atoms. The number of aryl methyl sites for hydroxylation is 1. The number of rotatable bonds is 8. The van der Waals surface area contributed by atoms with E-state index in [-0.39, 0.29) is 5.91 Å². The van der Waals surface area contributed by atoms with Crippen LogP contribution in [-0.2, 0) is 4.79 Å². The molecule has 0 saturated heterocycles. The molecule has 0 unspecified atom stereocenters. The molecule has 118 valence electrons. The topological polar surface area (TPSA) is 54.9 Å². The Labute approximate surface area is 136 Å². The van der Waals surface area contributed by atoms with Crippen LogP contribution in [-0.4, -0.2) is 28.2 Å². The smallest absolute Gasteiger partial charge is 0.230 e. The summed E-state index contributed by atoms with van der Waals surface area (Å²) in [5.74, 6) is 0.456. The van der Waals surface area contributed by atoms with E-state index < -0.39 is 0 Å². The van der Waals surface area contributed by atoms with Gasteiger partial charge in [0, 0.05) is 6.54 Å². The van der Waals surface area contributed by atoms with Crippen molar-refractivity contribution in [3.63, 3.8) is 0 Å². The number of para-hydroxylation sites is 2. The molecule has 0 bridgehead atoms. The van der Waals surface area contributed by atoms with Crippen molar-refractivity contribution < 1.29 is 4.79 Å². The summed E-state index contributed by atoms with van der Waals surface area (Å²) in [6.45, 7) is 4.88. The maximum atomic E-state index is 11.8. The third-order valence-corrected chi connectivity index (χ3v) is 4.46. The van der Waals surface area contributed by atoms with Crippen molar-refractivity contribution in [3.8, 4) is 0 Å². The molecular weight excluding hydrogens is 294 g/mol. The van der Waals surface area contributed by atoms with Gasteiger partial charge >= 0.3 is 0 Å². The summed E-state index contributed by atoms with van der Waals surface area (Å²) >= 11 is 1.45. The van der Waals surface area contributed by atoms with E-state index in [9.17, 15) is 4.79 Å². The van der Waals surface area contributed by atoms with Crippen molar-refractivity contribution >= 4 is 28.7 Å². The maximum Gasteiger partial charge on any atom is 0.230 e. The molecule has 0 aliphatic rings. The van der Waals surface area contributed by atoms with E-state index in [1.54, 1.807) is 0 Å². The van der Waals surface area contributed by atoms with Gasteiger partial charge in [-0.15, -0.1) is 0 Å². The summed E-state index contributed by atoms with van der Waals surface area (Å²) < 4.78 is 0. The number of carbonyl (C=O) groups excluding carboxylic acids is 1. The van der Waals surface area contributed by atoms with E-state index in [4.69, 9.17) is 0 Å². The van der Waals surface area contributed by atoms with Crippen molar-refractivity contribution in [2.75, 3.05) is 12.3 Å². The summed E-state index contributed by atoms with van der Waals surface area (Å²) in [5, 5.41) is 3.79. The Morgan fingerprint density at radius 1 is 1.14 bits per heavy atom. The number of carbonyl (C=O) groups is 1. The van der Waals surface area contributed by atoms with Gasteiger partial charge < -0.3 is 5.32 Å². The van der Waals surface area contributed by atoms with Gasteiger partial charge in [-0.3, -0.25) is 4.79 Å². The summed E-state index contributed by atoms with van der Waals surface area (Å²) in [5.41, 5.74) is 2.64. The molecule has 2 rings (SSSR count). The first-order chi connectivity index (χ1) is 10.7. The molecule has 0 atom stereocenters. The molecule has 1 heterocycles. The molecule has 22 heavy (non-hydrogen) atoms. The number of thioether (sulfide) groups is 1. The third-order valence-electron chi connectivity index (χ3n) is 3.39. The average Bonchev–Trinajstić information content (AvgIpc) is 2.52. The fraction of sp³-hybridized carbons (Fsp3) is 0.471. The first kappa shape index (κ1) is 16.7. The van der Waals surface area contributed by atoms with Crippen LogP contribution in [0, 0.1) is 6.92 Å². The van der Waals surface area contributed by atoms with Crippen LogP contribution in [0.25, 0.3) is 11.0 Å². The number of aromatic nitrogens is 2. The van der Waals surface area contributed by atoms with E-state index in [1.165, 1.54) is 31.0 Å². The highest BCUT2D eigenvalue weighted by molar-refractivity contribution is 7.99. The van der Waals surface area contributed by atoms with Gasteiger partial charge in [0.1, 0.15) is 5.03 Å². The molecule has 1 aromatic carbocycles. The highest BCUT2D eigenvalue weighted by Gasteiger charge is 2.08. The number of fused-ring (bicyclic) bond motifs is 1. The molecule has 2 aromatic rings. The van der Waals surface area contributed by atoms with Gasteiger partial charge in [-0.2, -0.15) is 0 Å². The minimum Gasteiger partial charge on any atom is -0.355 e. The summed E-state index contributed by atoms with van der Waals surface area (Å²) in [4.78, 5) is 21.0. The molecule has 1 aromatic heterocycles. The lowest BCUT2D eigenvalue weighted by Gasteiger charge is -2.07. The number of nitrogens with one attached hydrogen (secondary N) is 1. The lowest BCUT2D eigenvalue weighted by Crippen LogP contribution is -2.26. The minimum atomic E-state index is 0.0656. The molecular formula is C17H23N3OS. The van der Waals surface area contributed by atoms with Gasteiger partial charge in [0.05, 0.1) is 22.5 Å². The van der Waals surface area contributed by atoms with Crippen LogP contribution in [0.2, 0.25) is 0 Å².